The normalized spacial score (nSPS) is 18.8. The van der Waals surface area contributed by atoms with Gasteiger partial charge >= 0.3 is 0 Å². The molecule has 1 rings (SSSR count). The van der Waals surface area contributed by atoms with E-state index in [-0.39, 0.29) is 0 Å². The van der Waals surface area contributed by atoms with Gasteiger partial charge in [-0.2, -0.15) is 0 Å². The minimum absolute atomic E-state index is 1.09. The molecule has 0 aliphatic carbocycles. The lowest BCUT2D eigenvalue weighted by Gasteiger charge is -2.36. The third kappa shape index (κ3) is 3.78. The third-order valence-corrected chi connectivity index (χ3v) is 2.88. The van der Waals surface area contributed by atoms with Crippen LogP contribution in [0.5, 0.6) is 0 Å². The fourth-order valence-corrected chi connectivity index (χ4v) is 1.88. The highest BCUT2D eigenvalue weighted by Crippen LogP contribution is 2.10. The largest absolute Gasteiger partial charge is 0.369 e. The van der Waals surface area contributed by atoms with E-state index in [1.807, 2.05) is 12.2 Å². The Kier molecular flexibility index (Phi) is 5.79. The third-order valence-electron chi connectivity index (χ3n) is 2.88. The van der Waals surface area contributed by atoms with Gasteiger partial charge in [0.05, 0.1) is 7.74 Å². The van der Waals surface area contributed by atoms with Crippen molar-refractivity contribution >= 4 is 15.0 Å². The summed E-state index contributed by atoms with van der Waals surface area (Å²) in [6.45, 7) is 11.9. The maximum atomic E-state index is 3.76. The molecule has 0 N–H and O–H groups in total. The number of allylic oxidation sites excluding steroid dienone is 5. The Morgan fingerprint density at radius 1 is 1.12 bits per heavy atom. The highest BCUT2D eigenvalue weighted by atomic mass is 15.2. The topological polar surface area (TPSA) is 6.48 Å². The monoisotopic (exact) mass is 214 g/mol. The van der Waals surface area contributed by atoms with Gasteiger partial charge in [-0.15, -0.1) is 0 Å². The Balaban J connectivity index is 2.60. The fraction of sp³-hybridized carbons (Fsp3) is 0.333. The van der Waals surface area contributed by atoms with Gasteiger partial charge < -0.3 is 9.71 Å². The standard InChI is InChI=1S/C12H20B2N2/c1-3-5-7-12(6-4-2)15-8-10-16(14-13)11-9-15/h3-7,14H,1-2,8-11,13H2/b7-5-,12-6+. The van der Waals surface area contributed by atoms with Crippen molar-refractivity contribution in [1.82, 2.24) is 9.71 Å². The minimum Gasteiger partial charge on any atom is -0.369 e. The maximum Gasteiger partial charge on any atom is 0.161 e. The Morgan fingerprint density at radius 3 is 2.31 bits per heavy atom. The second-order valence-electron chi connectivity index (χ2n) is 3.84. The van der Waals surface area contributed by atoms with Gasteiger partial charge in [0.15, 0.2) is 7.31 Å². The van der Waals surface area contributed by atoms with Gasteiger partial charge in [-0.3, -0.25) is 0 Å². The Hall–Kier alpha value is -1.15. The van der Waals surface area contributed by atoms with Crippen molar-refractivity contribution < 1.29 is 0 Å². The zero-order valence-electron chi connectivity index (χ0n) is 10.2. The molecule has 1 heterocycles. The van der Waals surface area contributed by atoms with E-state index >= 15 is 0 Å². The molecule has 0 aromatic carbocycles. The molecule has 1 saturated heterocycles. The van der Waals surface area contributed by atoms with Crippen molar-refractivity contribution in [2.75, 3.05) is 26.2 Å². The summed E-state index contributed by atoms with van der Waals surface area (Å²) in [6.07, 6.45) is 9.77. The van der Waals surface area contributed by atoms with Crippen LogP contribution in [-0.4, -0.2) is 50.9 Å². The predicted molar refractivity (Wildman–Crippen MR) is 76.5 cm³/mol. The molecule has 0 unspecified atom stereocenters. The van der Waals surface area contributed by atoms with E-state index in [2.05, 4.69) is 42.8 Å². The highest BCUT2D eigenvalue weighted by molar-refractivity contribution is 6.87. The average molecular weight is 214 g/mol. The summed E-state index contributed by atoms with van der Waals surface area (Å²) in [5.74, 6) is 0. The zero-order valence-corrected chi connectivity index (χ0v) is 10.2. The van der Waals surface area contributed by atoms with Crippen molar-refractivity contribution in [3.63, 3.8) is 0 Å². The van der Waals surface area contributed by atoms with E-state index in [1.165, 1.54) is 5.70 Å². The van der Waals surface area contributed by atoms with Crippen LogP contribution in [0, 0.1) is 0 Å². The molecule has 0 radical (unpaired) electrons. The van der Waals surface area contributed by atoms with Crippen LogP contribution in [0.3, 0.4) is 0 Å². The van der Waals surface area contributed by atoms with Gasteiger partial charge in [0.1, 0.15) is 0 Å². The maximum absolute atomic E-state index is 3.76. The summed E-state index contributed by atoms with van der Waals surface area (Å²) in [7, 11) is 3.37. The molecule has 4 heteroatoms. The Labute approximate surface area is 101 Å². The van der Waals surface area contributed by atoms with Crippen molar-refractivity contribution in [2.45, 2.75) is 0 Å². The molecule has 0 spiro atoms. The van der Waals surface area contributed by atoms with Crippen LogP contribution in [0.4, 0.5) is 0 Å². The smallest absolute Gasteiger partial charge is 0.161 e. The first kappa shape index (κ1) is 12.9. The first-order valence-electron chi connectivity index (χ1n) is 5.91. The van der Waals surface area contributed by atoms with Gasteiger partial charge in [0.25, 0.3) is 0 Å². The summed E-state index contributed by atoms with van der Waals surface area (Å²) in [5.41, 5.74) is 1.23. The van der Waals surface area contributed by atoms with Crippen LogP contribution in [0.1, 0.15) is 0 Å². The summed E-state index contributed by atoms with van der Waals surface area (Å²) < 4.78 is 0. The quantitative estimate of drug-likeness (QED) is 0.480. The lowest BCUT2D eigenvalue weighted by molar-refractivity contribution is 0.238. The molecule has 0 aromatic heterocycles. The molecule has 0 aromatic rings. The number of rotatable bonds is 5. The molecule has 0 amide bonds. The van der Waals surface area contributed by atoms with Gasteiger partial charge in [-0.05, 0) is 12.2 Å². The lowest BCUT2D eigenvalue weighted by Crippen LogP contribution is -2.47. The Morgan fingerprint density at radius 2 is 1.81 bits per heavy atom. The van der Waals surface area contributed by atoms with E-state index in [4.69, 9.17) is 0 Å². The number of piperazine rings is 1. The van der Waals surface area contributed by atoms with Gasteiger partial charge in [0.2, 0.25) is 0 Å². The van der Waals surface area contributed by atoms with Crippen LogP contribution in [-0.2, 0) is 0 Å². The number of hydrogen-bond donors (Lipinski definition) is 0. The van der Waals surface area contributed by atoms with Crippen molar-refractivity contribution in [2.24, 2.45) is 0 Å². The van der Waals surface area contributed by atoms with Gasteiger partial charge in [-0.25, -0.2) is 0 Å². The Bertz CT molecular complexity index is 289. The number of hydrogen-bond acceptors (Lipinski definition) is 2. The summed E-state index contributed by atoms with van der Waals surface area (Å²) >= 11 is 0. The van der Waals surface area contributed by atoms with Gasteiger partial charge in [0, 0.05) is 31.9 Å². The first-order valence-corrected chi connectivity index (χ1v) is 5.91. The molecule has 2 nitrogen and oxygen atoms in total. The predicted octanol–water partition coefficient (Wildman–Crippen LogP) is 0.316. The molecule has 1 aliphatic heterocycles. The second kappa shape index (κ2) is 7.18. The summed E-state index contributed by atoms with van der Waals surface area (Å²) in [5, 5.41) is 0. The van der Waals surface area contributed by atoms with Gasteiger partial charge in [-0.1, -0.05) is 31.4 Å². The molecule has 84 valence electrons. The number of nitrogens with zero attached hydrogens (tertiary/aromatic N) is 2. The molecule has 0 bridgehead atoms. The SMILES string of the molecule is BBN1CCN(C(/C=C\C=C)=C/C=C)CC1. The molecule has 1 fully saturated rings. The lowest BCUT2D eigenvalue weighted by atomic mass is 9.65. The van der Waals surface area contributed by atoms with Crippen molar-refractivity contribution in [3.8, 4) is 0 Å². The molecular weight excluding hydrogens is 194 g/mol. The van der Waals surface area contributed by atoms with Crippen LogP contribution >= 0.6 is 0 Å². The summed E-state index contributed by atoms with van der Waals surface area (Å²) in [6, 6.07) is 0. The highest BCUT2D eigenvalue weighted by Gasteiger charge is 2.15. The minimum atomic E-state index is 1.09. The second-order valence-corrected chi connectivity index (χ2v) is 3.84. The van der Waals surface area contributed by atoms with Crippen molar-refractivity contribution in [1.29, 1.82) is 0 Å². The average Bonchev–Trinajstić information content (AvgIpc) is 2.35. The molecular formula is C12H20B2N2. The molecule has 0 saturated carbocycles. The van der Waals surface area contributed by atoms with Crippen molar-refractivity contribution in [3.05, 3.63) is 49.2 Å². The fourth-order valence-electron chi connectivity index (χ4n) is 1.88. The molecule has 16 heavy (non-hydrogen) atoms. The molecule has 1 aliphatic rings. The molecule has 0 atom stereocenters. The van der Waals surface area contributed by atoms with Crippen LogP contribution < -0.4 is 0 Å². The van der Waals surface area contributed by atoms with E-state index in [0.717, 1.165) is 33.5 Å². The zero-order chi connectivity index (χ0) is 11.8. The van der Waals surface area contributed by atoms with E-state index in [9.17, 15) is 0 Å². The van der Waals surface area contributed by atoms with E-state index < -0.39 is 0 Å². The summed E-state index contributed by atoms with van der Waals surface area (Å²) in [4.78, 5) is 4.87. The van der Waals surface area contributed by atoms with Crippen LogP contribution in [0.25, 0.3) is 0 Å². The first-order chi connectivity index (χ1) is 7.81. The van der Waals surface area contributed by atoms with E-state index in [1.54, 1.807) is 6.08 Å². The van der Waals surface area contributed by atoms with Crippen LogP contribution in [0.2, 0.25) is 0 Å². The van der Waals surface area contributed by atoms with E-state index in [0.29, 0.717) is 0 Å². The van der Waals surface area contributed by atoms with Crippen LogP contribution in [0.15, 0.2) is 49.2 Å².